The first-order valence-corrected chi connectivity index (χ1v) is 8.51. The lowest BCUT2D eigenvalue weighted by Crippen LogP contribution is -2.33. The average Bonchev–Trinajstić information content (AvgIpc) is 2.30. The minimum Gasteiger partial charge on any atom is -0.399 e. The van der Waals surface area contributed by atoms with Crippen LogP contribution in [-0.2, 0) is 10.0 Å². The normalized spacial score (nSPS) is 13.7. The van der Waals surface area contributed by atoms with Crippen LogP contribution in [0.1, 0.15) is 44.7 Å². The van der Waals surface area contributed by atoms with Crippen molar-refractivity contribution in [3.05, 3.63) is 23.3 Å². The van der Waals surface area contributed by atoms with Crippen molar-refractivity contribution in [2.45, 2.75) is 58.4 Å². The van der Waals surface area contributed by atoms with Crippen LogP contribution in [0.25, 0.3) is 0 Å². The molecule has 0 aliphatic carbocycles. The van der Waals surface area contributed by atoms with E-state index in [2.05, 4.69) is 18.6 Å². The average molecular weight is 298 g/mol. The summed E-state index contributed by atoms with van der Waals surface area (Å²) in [5, 5.41) is 0. The summed E-state index contributed by atoms with van der Waals surface area (Å²) in [4.78, 5) is 0.284. The monoisotopic (exact) mass is 298 g/mol. The van der Waals surface area contributed by atoms with Crippen molar-refractivity contribution in [2.75, 3.05) is 5.73 Å². The van der Waals surface area contributed by atoms with Crippen molar-refractivity contribution in [1.82, 2.24) is 4.72 Å². The summed E-state index contributed by atoms with van der Waals surface area (Å²) in [6, 6.07) is 3.24. The number of sulfonamides is 1. The van der Waals surface area contributed by atoms with E-state index in [9.17, 15) is 8.42 Å². The molecule has 20 heavy (non-hydrogen) atoms. The van der Waals surface area contributed by atoms with Gasteiger partial charge in [0.1, 0.15) is 0 Å². The van der Waals surface area contributed by atoms with Crippen molar-refractivity contribution in [3.8, 4) is 0 Å². The molecule has 0 heterocycles. The Morgan fingerprint density at radius 1 is 1.15 bits per heavy atom. The van der Waals surface area contributed by atoms with E-state index in [4.69, 9.17) is 5.73 Å². The van der Waals surface area contributed by atoms with Crippen molar-refractivity contribution in [3.63, 3.8) is 0 Å². The highest BCUT2D eigenvalue weighted by atomic mass is 32.2. The van der Waals surface area contributed by atoms with Crippen molar-refractivity contribution >= 4 is 15.7 Å². The maximum atomic E-state index is 12.4. The number of aryl methyl sites for hydroxylation is 1. The van der Waals surface area contributed by atoms with Gasteiger partial charge in [-0.15, -0.1) is 0 Å². The fourth-order valence-corrected chi connectivity index (χ4v) is 3.73. The summed E-state index contributed by atoms with van der Waals surface area (Å²) in [6.45, 7) is 9.84. The van der Waals surface area contributed by atoms with Gasteiger partial charge in [0, 0.05) is 11.7 Å². The van der Waals surface area contributed by atoms with Gasteiger partial charge in [0.15, 0.2) is 0 Å². The summed E-state index contributed by atoms with van der Waals surface area (Å²) in [7, 11) is -3.51. The molecule has 0 amide bonds. The molecular weight excluding hydrogens is 272 g/mol. The first-order chi connectivity index (χ1) is 9.13. The molecule has 1 aromatic carbocycles. The molecule has 1 rings (SSSR count). The van der Waals surface area contributed by atoms with Gasteiger partial charge in [0.05, 0.1) is 4.90 Å². The predicted octanol–water partition coefficient (Wildman–Crippen LogP) is 2.99. The molecule has 4 nitrogen and oxygen atoms in total. The number of nitrogens with two attached hydrogens (primary N) is 1. The molecule has 0 aromatic heterocycles. The van der Waals surface area contributed by atoms with Crippen LogP contribution in [-0.4, -0.2) is 14.5 Å². The van der Waals surface area contributed by atoms with Gasteiger partial charge in [-0.2, -0.15) is 0 Å². The third-order valence-electron chi connectivity index (χ3n) is 3.46. The molecule has 0 saturated heterocycles. The molecule has 1 aromatic rings. The van der Waals surface area contributed by atoms with Gasteiger partial charge in [-0.1, -0.05) is 13.8 Å². The molecule has 0 fully saturated rings. The van der Waals surface area contributed by atoms with Crippen molar-refractivity contribution < 1.29 is 8.42 Å². The zero-order chi connectivity index (χ0) is 15.5. The van der Waals surface area contributed by atoms with E-state index >= 15 is 0 Å². The zero-order valence-corrected chi connectivity index (χ0v) is 13.8. The maximum absolute atomic E-state index is 12.4. The predicted molar refractivity (Wildman–Crippen MR) is 84.2 cm³/mol. The molecular formula is C15H26N2O2S. The number of anilines is 1. The molecule has 0 spiro atoms. The van der Waals surface area contributed by atoms with E-state index < -0.39 is 10.0 Å². The summed E-state index contributed by atoms with van der Waals surface area (Å²) >= 11 is 0. The number of nitrogens with one attached hydrogen (secondary N) is 1. The van der Waals surface area contributed by atoms with E-state index in [-0.39, 0.29) is 10.9 Å². The van der Waals surface area contributed by atoms with Gasteiger partial charge in [-0.05, 0) is 62.8 Å². The van der Waals surface area contributed by atoms with E-state index in [1.807, 2.05) is 20.8 Å². The van der Waals surface area contributed by atoms with Crippen LogP contribution in [0.5, 0.6) is 0 Å². The lowest BCUT2D eigenvalue weighted by molar-refractivity contribution is 0.485. The molecule has 0 bridgehead atoms. The Morgan fingerprint density at radius 2 is 1.75 bits per heavy atom. The summed E-state index contributed by atoms with van der Waals surface area (Å²) < 4.78 is 27.6. The highest BCUT2D eigenvalue weighted by molar-refractivity contribution is 7.89. The minimum absolute atomic E-state index is 0.0801. The summed E-state index contributed by atoms with van der Waals surface area (Å²) in [6.07, 6.45) is 1.83. The van der Waals surface area contributed by atoms with Crippen LogP contribution in [0.4, 0.5) is 5.69 Å². The summed E-state index contributed by atoms with van der Waals surface area (Å²) in [5.74, 6) is 0.568. The zero-order valence-electron chi connectivity index (χ0n) is 13.0. The van der Waals surface area contributed by atoms with Gasteiger partial charge in [0.2, 0.25) is 10.0 Å². The molecule has 3 N–H and O–H groups in total. The van der Waals surface area contributed by atoms with Crippen LogP contribution in [0.15, 0.2) is 17.0 Å². The molecule has 5 heteroatoms. The third kappa shape index (κ3) is 4.49. The topological polar surface area (TPSA) is 72.2 Å². The Kier molecular flexibility index (Phi) is 5.59. The third-order valence-corrected chi connectivity index (χ3v) is 5.18. The van der Waals surface area contributed by atoms with E-state index in [1.54, 1.807) is 6.07 Å². The Balaban J connectivity index is 2.94. The molecule has 1 unspecified atom stereocenters. The molecule has 1 atom stereocenters. The Bertz CT molecular complexity index is 565. The fraction of sp³-hybridized carbons (Fsp3) is 0.600. The van der Waals surface area contributed by atoms with Crippen LogP contribution in [0.2, 0.25) is 0 Å². The van der Waals surface area contributed by atoms with Gasteiger partial charge >= 0.3 is 0 Å². The SMILES string of the molecule is Cc1cc(N)cc(S(=O)(=O)NC(C)CCC(C)C)c1C. The van der Waals surface area contributed by atoms with Crippen LogP contribution < -0.4 is 10.5 Å². The molecule has 114 valence electrons. The van der Waals surface area contributed by atoms with E-state index in [0.717, 1.165) is 24.0 Å². The van der Waals surface area contributed by atoms with Gasteiger partial charge < -0.3 is 5.73 Å². The van der Waals surface area contributed by atoms with Crippen LogP contribution in [0.3, 0.4) is 0 Å². The number of benzene rings is 1. The second-order valence-electron chi connectivity index (χ2n) is 5.95. The largest absolute Gasteiger partial charge is 0.399 e. The summed E-state index contributed by atoms with van der Waals surface area (Å²) in [5.41, 5.74) is 7.88. The van der Waals surface area contributed by atoms with Gasteiger partial charge in [-0.3, -0.25) is 0 Å². The fourth-order valence-electron chi connectivity index (χ4n) is 2.10. The van der Waals surface area contributed by atoms with Gasteiger partial charge in [-0.25, -0.2) is 13.1 Å². The molecule has 0 radical (unpaired) electrons. The van der Waals surface area contributed by atoms with Crippen LogP contribution >= 0.6 is 0 Å². The first-order valence-electron chi connectivity index (χ1n) is 7.02. The standard InChI is InChI=1S/C15H26N2O2S/c1-10(2)6-7-12(4)17-20(18,19)15-9-14(16)8-11(3)13(15)5/h8-10,12,17H,6-7,16H2,1-5H3. The number of hydrogen-bond acceptors (Lipinski definition) is 3. The van der Waals surface area contributed by atoms with E-state index in [1.165, 1.54) is 6.07 Å². The Hall–Kier alpha value is -1.07. The Labute approximate surface area is 122 Å². The molecule has 0 saturated carbocycles. The number of hydrogen-bond donors (Lipinski definition) is 2. The Morgan fingerprint density at radius 3 is 2.30 bits per heavy atom. The molecule has 0 aliphatic heterocycles. The van der Waals surface area contributed by atoms with Crippen molar-refractivity contribution in [2.24, 2.45) is 5.92 Å². The second-order valence-corrected chi connectivity index (χ2v) is 7.64. The highest BCUT2D eigenvalue weighted by Gasteiger charge is 2.21. The quantitative estimate of drug-likeness (QED) is 0.793. The second kappa shape index (κ2) is 6.59. The number of rotatable bonds is 6. The minimum atomic E-state index is -3.51. The lowest BCUT2D eigenvalue weighted by Gasteiger charge is -2.17. The molecule has 0 aliphatic rings. The van der Waals surface area contributed by atoms with Crippen LogP contribution in [0, 0.1) is 19.8 Å². The number of nitrogen functional groups attached to an aromatic ring is 1. The first kappa shape index (κ1) is 17.0. The van der Waals surface area contributed by atoms with Gasteiger partial charge in [0.25, 0.3) is 0 Å². The smallest absolute Gasteiger partial charge is 0.241 e. The maximum Gasteiger partial charge on any atom is 0.241 e. The lowest BCUT2D eigenvalue weighted by atomic mass is 10.1. The van der Waals surface area contributed by atoms with E-state index in [0.29, 0.717) is 11.6 Å². The van der Waals surface area contributed by atoms with Crippen molar-refractivity contribution in [1.29, 1.82) is 0 Å². The highest BCUT2D eigenvalue weighted by Crippen LogP contribution is 2.22.